The van der Waals surface area contributed by atoms with Crippen molar-refractivity contribution >= 4 is 34.0 Å². The van der Waals surface area contributed by atoms with E-state index in [1.54, 1.807) is 61.7 Å². The second-order valence-corrected chi connectivity index (χ2v) is 7.61. The zero-order valence-corrected chi connectivity index (χ0v) is 19.1. The number of hydrogen-bond acceptors (Lipinski definition) is 6. The minimum Gasteiger partial charge on any atom is -0.497 e. The number of hydrazone groups is 1. The van der Waals surface area contributed by atoms with Gasteiger partial charge in [0, 0.05) is 10.0 Å². The Hall–Kier alpha value is -3.65. The zero-order chi connectivity index (χ0) is 22.9. The minimum atomic E-state index is -0.528. The number of nitrogens with one attached hydrogen (secondary N) is 1. The number of carbonyl (C=O) groups excluding carboxylic acids is 2. The average Bonchev–Trinajstić information content (AvgIpc) is 2.80. The summed E-state index contributed by atoms with van der Waals surface area (Å²) in [4.78, 5) is 24.5. The molecule has 0 unspecified atom stereocenters. The molecule has 0 aliphatic rings. The number of carbonyl (C=O) groups is 2. The van der Waals surface area contributed by atoms with Gasteiger partial charge in [0.2, 0.25) is 0 Å². The summed E-state index contributed by atoms with van der Waals surface area (Å²) in [7, 11) is 1.55. The molecule has 0 fully saturated rings. The second kappa shape index (κ2) is 11.1. The summed E-state index contributed by atoms with van der Waals surface area (Å²) in [5.41, 5.74) is 4.37. The molecule has 8 heteroatoms. The van der Waals surface area contributed by atoms with E-state index in [0.29, 0.717) is 28.4 Å². The third-order valence-electron chi connectivity index (χ3n) is 4.28. The quantitative estimate of drug-likeness (QED) is 0.214. The Bertz CT molecular complexity index is 1110. The van der Waals surface area contributed by atoms with E-state index >= 15 is 0 Å². The summed E-state index contributed by atoms with van der Waals surface area (Å²) >= 11 is 3.38. The van der Waals surface area contributed by atoms with Gasteiger partial charge in [-0.25, -0.2) is 10.2 Å². The standard InChI is InChI=1S/C24H21BrN2O5/c1-16-3-8-21(9-4-16)31-15-23(28)27-26-14-18-13-19(25)7-12-22(18)32-24(29)17-5-10-20(30-2)11-6-17/h3-14H,15H2,1-2H3,(H,27,28). The van der Waals surface area contributed by atoms with E-state index in [2.05, 4.69) is 26.5 Å². The van der Waals surface area contributed by atoms with E-state index in [-0.39, 0.29) is 6.61 Å². The monoisotopic (exact) mass is 496 g/mol. The third-order valence-corrected chi connectivity index (χ3v) is 4.78. The van der Waals surface area contributed by atoms with Crippen LogP contribution in [0.5, 0.6) is 17.2 Å². The van der Waals surface area contributed by atoms with Gasteiger partial charge in [0.05, 0.1) is 18.9 Å². The summed E-state index contributed by atoms with van der Waals surface area (Å²) < 4.78 is 16.8. The molecule has 1 amide bonds. The number of halogens is 1. The molecular formula is C24H21BrN2O5. The summed E-state index contributed by atoms with van der Waals surface area (Å²) in [5, 5.41) is 3.94. The van der Waals surface area contributed by atoms with Crippen LogP contribution in [0.3, 0.4) is 0 Å². The molecular weight excluding hydrogens is 476 g/mol. The molecule has 164 valence electrons. The van der Waals surface area contributed by atoms with Crippen LogP contribution in [-0.2, 0) is 4.79 Å². The maximum Gasteiger partial charge on any atom is 0.343 e. The molecule has 0 atom stereocenters. The zero-order valence-electron chi connectivity index (χ0n) is 17.5. The molecule has 1 N–H and O–H groups in total. The van der Waals surface area contributed by atoms with Crippen LogP contribution < -0.4 is 19.6 Å². The fourth-order valence-electron chi connectivity index (χ4n) is 2.59. The number of amides is 1. The number of ether oxygens (including phenoxy) is 3. The number of esters is 1. The number of hydrogen-bond donors (Lipinski definition) is 1. The smallest absolute Gasteiger partial charge is 0.343 e. The Morgan fingerprint density at radius 2 is 1.69 bits per heavy atom. The van der Waals surface area contributed by atoms with Gasteiger partial charge in [-0.05, 0) is 61.5 Å². The first-order chi connectivity index (χ1) is 15.4. The Morgan fingerprint density at radius 1 is 1.00 bits per heavy atom. The predicted octanol–water partition coefficient (Wildman–Crippen LogP) is 4.51. The van der Waals surface area contributed by atoms with Gasteiger partial charge in [-0.2, -0.15) is 5.10 Å². The highest BCUT2D eigenvalue weighted by molar-refractivity contribution is 9.10. The fraction of sp³-hybridized carbons (Fsp3) is 0.125. The highest BCUT2D eigenvalue weighted by Crippen LogP contribution is 2.23. The Morgan fingerprint density at radius 3 is 2.38 bits per heavy atom. The van der Waals surface area contributed by atoms with Crippen molar-refractivity contribution in [2.75, 3.05) is 13.7 Å². The summed E-state index contributed by atoms with van der Waals surface area (Å²) in [5.74, 6) is 0.575. The highest BCUT2D eigenvalue weighted by atomic mass is 79.9. The van der Waals surface area contributed by atoms with Crippen molar-refractivity contribution in [3.05, 3.63) is 87.9 Å². The average molecular weight is 497 g/mol. The molecule has 0 spiro atoms. The van der Waals surface area contributed by atoms with E-state index in [1.807, 2.05) is 19.1 Å². The maximum atomic E-state index is 12.5. The van der Waals surface area contributed by atoms with Crippen molar-refractivity contribution in [1.29, 1.82) is 0 Å². The van der Waals surface area contributed by atoms with Crippen LogP contribution in [0.25, 0.3) is 0 Å². The second-order valence-electron chi connectivity index (χ2n) is 6.70. The summed E-state index contributed by atoms with van der Waals surface area (Å²) in [6.07, 6.45) is 1.39. The van der Waals surface area contributed by atoms with Crippen LogP contribution in [-0.4, -0.2) is 31.8 Å². The van der Waals surface area contributed by atoms with Crippen LogP contribution >= 0.6 is 15.9 Å². The Balaban J connectivity index is 1.61. The van der Waals surface area contributed by atoms with Crippen LogP contribution in [0.15, 0.2) is 76.3 Å². The molecule has 3 aromatic rings. The summed E-state index contributed by atoms with van der Waals surface area (Å²) in [6.45, 7) is 1.79. The molecule has 0 radical (unpaired) electrons. The fourth-order valence-corrected chi connectivity index (χ4v) is 2.97. The molecule has 0 saturated carbocycles. The molecule has 0 aliphatic heterocycles. The van der Waals surface area contributed by atoms with Crippen molar-refractivity contribution in [3.8, 4) is 17.2 Å². The molecule has 0 aliphatic carbocycles. The van der Waals surface area contributed by atoms with Crippen LogP contribution in [0, 0.1) is 6.92 Å². The molecule has 3 aromatic carbocycles. The van der Waals surface area contributed by atoms with Gasteiger partial charge in [-0.15, -0.1) is 0 Å². The molecule has 0 bridgehead atoms. The Kier molecular flexibility index (Phi) is 7.99. The highest BCUT2D eigenvalue weighted by Gasteiger charge is 2.12. The largest absolute Gasteiger partial charge is 0.497 e. The van der Waals surface area contributed by atoms with Gasteiger partial charge in [0.15, 0.2) is 6.61 Å². The first kappa shape index (κ1) is 23.0. The van der Waals surface area contributed by atoms with E-state index in [4.69, 9.17) is 14.2 Å². The lowest BCUT2D eigenvalue weighted by Crippen LogP contribution is -2.24. The minimum absolute atomic E-state index is 0.182. The lowest BCUT2D eigenvalue weighted by atomic mass is 10.2. The molecule has 7 nitrogen and oxygen atoms in total. The van der Waals surface area contributed by atoms with Crippen molar-refractivity contribution in [2.24, 2.45) is 5.10 Å². The lowest BCUT2D eigenvalue weighted by molar-refractivity contribution is -0.123. The van der Waals surface area contributed by atoms with Gasteiger partial charge < -0.3 is 14.2 Å². The van der Waals surface area contributed by atoms with Crippen LogP contribution in [0.2, 0.25) is 0 Å². The number of rotatable bonds is 8. The number of nitrogens with zero attached hydrogens (tertiary/aromatic N) is 1. The Labute approximate surface area is 194 Å². The van der Waals surface area contributed by atoms with Crippen molar-refractivity contribution < 1.29 is 23.8 Å². The topological polar surface area (TPSA) is 86.2 Å². The number of aryl methyl sites for hydroxylation is 1. The van der Waals surface area contributed by atoms with E-state index < -0.39 is 11.9 Å². The van der Waals surface area contributed by atoms with Crippen LogP contribution in [0.1, 0.15) is 21.5 Å². The summed E-state index contributed by atoms with van der Waals surface area (Å²) in [6, 6.07) is 19.0. The molecule has 32 heavy (non-hydrogen) atoms. The van der Waals surface area contributed by atoms with Crippen molar-refractivity contribution in [2.45, 2.75) is 6.92 Å². The van der Waals surface area contributed by atoms with Gasteiger partial charge in [-0.3, -0.25) is 4.79 Å². The van der Waals surface area contributed by atoms with E-state index in [1.165, 1.54) is 6.21 Å². The first-order valence-electron chi connectivity index (χ1n) is 9.62. The van der Waals surface area contributed by atoms with E-state index in [9.17, 15) is 9.59 Å². The molecule has 3 rings (SSSR count). The van der Waals surface area contributed by atoms with Crippen molar-refractivity contribution in [3.63, 3.8) is 0 Å². The number of benzene rings is 3. The van der Waals surface area contributed by atoms with Crippen LogP contribution in [0.4, 0.5) is 0 Å². The molecule has 0 aromatic heterocycles. The molecule has 0 heterocycles. The van der Waals surface area contributed by atoms with Crippen molar-refractivity contribution in [1.82, 2.24) is 5.43 Å². The van der Waals surface area contributed by atoms with E-state index in [0.717, 1.165) is 10.0 Å². The SMILES string of the molecule is COc1ccc(C(=O)Oc2ccc(Br)cc2C=NNC(=O)COc2ccc(C)cc2)cc1. The number of methoxy groups -OCH3 is 1. The third kappa shape index (κ3) is 6.68. The lowest BCUT2D eigenvalue weighted by Gasteiger charge is -2.09. The van der Waals surface area contributed by atoms with Gasteiger partial charge >= 0.3 is 5.97 Å². The van der Waals surface area contributed by atoms with Gasteiger partial charge in [0.25, 0.3) is 5.91 Å². The van der Waals surface area contributed by atoms with Gasteiger partial charge in [-0.1, -0.05) is 33.6 Å². The predicted molar refractivity (Wildman–Crippen MR) is 125 cm³/mol. The normalized spacial score (nSPS) is 10.6. The molecule has 0 saturated heterocycles. The first-order valence-corrected chi connectivity index (χ1v) is 10.4. The maximum absolute atomic E-state index is 12.5. The van der Waals surface area contributed by atoms with Gasteiger partial charge in [0.1, 0.15) is 17.2 Å².